The fraction of sp³-hybridized carbons (Fsp3) is 0.800. The van der Waals surface area contributed by atoms with Crippen molar-refractivity contribution in [3.8, 4) is 12.3 Å². The normalized spacial score (nSPS) is 25.7. The third kappa shape index (κ3) is 1.63. The van der Waals surface area contributed by atoms with Crippen LogP contribution < -0.4 is 0 Å². The van der Waals surface area contributed by atoms with Gasteiger partial charge < -0.3 is 5.11 Å². The number of hydrogen-bond donors (Lipinski definition) is 1. The van der Waals surface area contributed by atoms with Crippen LogP contribution in [-0.4, -0.2) is 34.7 Å². The number of terminal acetylenes is 1. The Bertz CT molecular complexity index is 193. The molecule has 12 heavy (non-hydrogen) atoms. The molecule has 1 aliphatic rings. The van der Waals surface area contributed by atoms with Crippen molar-refractivity contribution >= 4 is 0 Å². The van der Waals surface area contributed by atoms with E-state index in [4.69, 9.17) is 11.5 Å². The number of aliphatic hydroxyl groups is 1. The smallest absolute Gasteiger partial charge is 0.0769 e. The van der Waals surface area contributed by atoms with Crippen molar-refractivity contribution in [1.82, 2.24) is 4.90 Å². The van der Waals surface area contributed by atoms with Gasteiger partial charge in [-0.15, -0.1) is 6.42 Å². The van der Waals surface area contributed by atoms with E-state index in [1.807, 2.05) is 13.8 Å². The summed E-state index contributed by atoms with van der Waals surface area (Å²) in [6.45, 7) is 5.30. The maximum Gasteiger partial charge on any atom is 0.0769 e. The van der Waals surface area contributed by atoms with Crippen molar-refractivity contribution in [2.24, 2.45) is 0 Å². The minimum absolute atomic E-state index is 0.204. The topological polar surface area (TPSA) is 23.5 Å². The summed E-state index contributed by atoms with van der Waals surface area (Å²) in [7, 11) is 0. The monoisotopic (exact) mass is 167 g/mol. The summed E-state index contributed by atoms with van der Waals surface area (Å²) in [6.07, 6.45) is 7.65. The van der Waals surface area contributed by atoms with Gasteiger partial charge in [0.1, 0.15) is 0 Å². The Labute approximate surface area is 74.6 Å². The first-order valence-corrected chi connectivity index (χ1v) is 4.47. The van der Waals surface area contributed by atoms with E-state index in [0.29, 0.717) is 0 Å². The number of hydrogen-bond acceptors (Lipinski definition) is 2. The van der Waals surface area contributed by atoms with Crippen molar-refractivity contribution in [3.05, 3.63) is 0 Å². The lowest BCUT2D eigenvalue weighted by Gasteiger charge is -2.35. The third-order valence-corrected chi connectivity index (χ3v) is 2.66. The predicted octanol–water partition coefficient (Wildman–Crippen LogP) is 0.855. The van der Waals surface area contributed by atoms with Crippen LogP contribution in [0.2, 0.25) is 0 Å². The highest BCUT2D eigenvalue weighted by atomic mass is 16.3. The summed E-state index contributed by atoms with van der Waals surface area (Å²) >= 11 is 0. The second kappa shape index (κ2) is 3.47. The summed E-state index contributed by atoms with van der Waals surface area (Å²) in [6, 6.07) is 0.274. The Kier molecular flexibility index (Phi) is 2.76. The molecule has 1 rings (SSSR count). The fourth-order valence-electron chi connectivity index (χ4n) is 1.84. The maximum absolute atomic E-state index is 9.09. The van der Waals surface area contributed by atoms with Gasteiger partial charge in [0.2, 0.25) is 0 Å². The molecule has 1 fully saturated rings. The minimum atomic E-state index is -0.204. The number of likely N-dealkylation sites (tertiary alicyclic amines) is 1. The lowest BCUT2D eigenvalue weighted by molar-refractivity contribution is 0.102. The second-order valence-corrected chi connectivity index (χ2v) is 3.88. The molecule has 0 aromatic heterocycles. The first-order valence-electron chi connectivity index (χ1n) is 4.47. The lowest BCUT2D eigenvalue weighted by Crippen LogP contribution is -2.47. The Morgan fingerprint density at radius 3 is 2.83 bits per heavy atom. The van der Waals surface area contributed by atoms with Crippen LogP contribution in [0.15, 0.2) is 0 Å². The Morgan fingerprint density at radius 1 is 1.67 bits per heavy atom. The van der Waals surface area contributed by atoms with E-state index in [2.05, 4.69) is 10.8 Å². The zero-order valence-corrected chi connectivity index (χ0v) is 7.88. The zero-order chi connectivity index (χ0) is 9.19. The molecule has 1 heterocycles. The van der Waals surface area contributed by atoms with Gasteiger partial charge in [0.15, 0.2) is 0 Å². The molecule has 0 bridgehead atoms. The lowest BCUT2D eigenvalue weighted by atomic mass is 10.0. The Morgan fingerprint density at radius 2 is 2.33 bits per heavy atom. The molecule has 2 nitrogen and oxygen atoms in total. The molecule has 68 valence electrons. The van der Waals surface area contributed by atoms with Gasteiger partial charge in [0.25, 0.3) is 0 Å². The summed E-state index contributed by atoms with van der Waals surface area (Å²) in [4.78, 5) is 2.22. The van der Waals surface area contributed by atoms with Gasteiger partial charge >= 0.3 is 0 Å². The van der Waals surface area contributed by atoms with E-state index in [0.717, 1.165) is 19.4 Å². The molecule has 0 aromatic carbocycles. The minimum Gasteiger partial charge on any atom is -0.395 e. The molecule has 1 saturated heterocycles. The van der Waals surface area contributed by atoms with Crippen molar-refractivity contribution < 1.29 is 5.11 Å². The average Bonchev–Trinajstić information content (AvgIpc) is 2.52. The molecule has 0 unspecified atom stereocenters. The first kappa shape index (κ1) is 9.57. The summed E-state index contributed by atoms with van der Waals surface area (Å²) in [5.74, 6) is 2.76. The molecule has 1 aliphatic heterocycles. The van der Waals surface area contributed by atoms with E-state index in [1.165, 1.54) is 0 Å². The van der Waals surface area contributed by atoms with E-state index in [1.54, 1.807) is 0 Å². The molecule has 0 radical (unpaired) electrons. The van der Waals surface area contributed by atoms with Crippen molar-refractivity contribution in [1.29, 1.82) is 0 Å². The van der Waals surface area contributed by atoms with Crippen LogP contribution in [0.1, 0.15) is 26.7 Å². The standard InChI is InChI=1S/C10H17NO/c1-4-10(2,3)11-7-5-6-9(11)8-12/h1,9,12H,5-8H2,2-3H3/t9-/m0/s1. The van der Waals surface area contributed by atoms with E-state index >= 15 is 0 Å². The molecular formula is C10H17NO. The Balaban J connectivity index is 2.68. The molecule has 1 N–H and O–H groups in total. The quantitative estimate of drug-likeness (QED) is 0.616. The van der Waals surface area contributed by atoms with Gasteiger partial charge in [-0.25, -0.2) is 0 Å². The van der Waals surface area contributed by atoms with Gasteiger partial charge in [-0.3, -0.25) is 4.90 Å². The summed E-state index contributed by atoms with van der Waals surface area (Å²) in [5, 5.41) is 9.09. The molecule has 0 spiro atoms. The molecule has 0 saturated carbocycles. The molecular weight excluding hydrogens is 150 g/mol. The van der Waals surface area contributed by atoms with E-state index < -0.39 is 0 Å². The number of nitrogens with zero attached hydrogens (tertiary/aromatic N) is 1. The third-order valence-electron chi connectivity index (χ3n) is 2.66. The van der Waals surface area contributed by atoms with E-state index in [9.17, 15) is 0 Å². The van der Waals surface area contributed by atoms with Crippen molar-refractivity contribution in [3.63, 3.8) is 0 Å². The van der Waals surface area contributed by atoms with Crippen LogP contribution in [0.3, 0.4) is 0 Å². The van der Waals surface area contributed by atoms with E-state index in [-0.39, 0.29) is 18.2 Å². The number of aliphatic hydroxyl groups excluding tert-OH is 1. The van der Waals surface area contributed by atoms with Gasteiger partial charge in [-0.05, 0) is 26.7 Å². The van der Waals surface area contributed by atoms with Gasteiger partial charge in [-0.2, -0.15) is 0 Å². The molecule has 0 amide bonds. The van der Waals surface area contributed by atoms with Gasteiger partial charge in [-0.1, -0.05) is 5.92 Å². The SMILES string of the molecule is C#CC(C)(C)N1CCC[C@H]1CO. The molecule has 2 heteroatoms. The first-order chi connectivity index (χ1) is 5.61. The van der Waals surface area contributed by atoms with Crippen LogP contribution >= 0.6 is 0 Å². The second-order valence-electron chi connectivity index (χ2n) is 3.88. The molecule has 0 aliphatic carbocycles. The fourth-order valence-corrected chi connectivity index (χ4v) is 1.84. The predicted molar refractivity (Wildman–Crippen MR) is 49.7 cm³/mol. The summed E-state index contributed by atoms with van der Waals surface area (Å²) < 4.78 is 0. The van der Waals surface area contributed by atoms with Crippen molar-refractivity contribution in [2.75, 3.05) is 13.2 Å². The van der Waals surface area contributed by atoms with Crippen LogP contribution in [-0.2, 0) is 0 Å². The van der Waals surface area contributed by atoms with Crippen LogP contribution in [0.4, 0.5) is 0 Å². The van der Waals surface area contributed by atoms with Gasteiger partial charge in [0.05, 0.1) is 12.1 Å². The molecule has 1 atom stereocenters. The van der Waals surface area contributed by atoms with Crippen LogP contribution in [0.25, 0.3) is 0 Å². The molecule has 0 aromatic rings. The highest BCUT2D eigenvalue weighted by Crippen LogP contribution is 2.25. The van der Waals surface area contributed by atoms with Crippen LogP contribution in [0, 0.1) is 12.3 Å². The maximum atomic E-state index is 9.09. The largest absolute Gasteiger partial charge is 0.395 e. The van der Waals surface area contributed by atoms with Crippen molar-refractivity contribution in [2.45, 2.75) is 38.3 Å². The highest BCUT2D eigenvalue weighted by Gasteiger charge is 2.33. The zero-order valence-electron chi connectivity index (χ0n) is 7.88. The van der Waals surface area contributed by atoms with Gasteiger partial charge in [0, 0.05) is 12.6 Å². The van der Waals surface area contributed by atoms with Crippen LogP contribution in [0.5, 0.6) is 0 Å². The Hall–Kier alpha value is -0.520. The average molecular weight is 167 g/mol. The number of rotatable bonds is 2. The summed E-state index contributed by atoms with van der Waals surface area (Å²) in [5.41, 5.74) is -0.204. The highest BCUT2D eigenvalue weighted by molar-refractivity contribution is 5.10.